The molecule has 2 aliphatic carbocycles. The Morgan fingerprint density at radius 2 is 1.88 bits per heavy atom. The van der Waals surface area contributed by atoms with Crippen LogP contribution < -0.4 is 5.73 Å². The highest BCUT2D eigenvalue weighted by atomic mass is 35.5. The number of halogens is 1. The van der Waals surface area contributed by atoms with E-state index in [1.54, 1.807) is 0 Å². The Kier molecular flexibility index (Phi) is 2.92. The summed E-state index contributed by atoms with van der Waals surface area (Å²) in [6, 6.07) is 6.50. The summed E-state index contributed by atoms with van der Waals surface area (Å²) >= 11 is 6.36. The molecule has 0 saturated heterocycles. The summed E-state index contributed by atoms with van der Waals surface area (Å²) < 4.78 is 0. The monoisotopic (exact) mass is 249 g/mol. The normalized spacial score (nSPS) is 26.8. The smallest absolute Gasteiger partial charge is 0.0456 e. The number of fused-ring (bicyclic) bond motifs is 2. The van der Waals surface area contributed by atoms with Crippen molar-refractivity contribution in [1.82, 2.24) is 0 Å². The van der Waals surface area contributed by atoms with Crippen LogP contribution in [0.25, 0.3) is 0 Å². The van der Waals surface area contributed by atoms with Crippen LogP contribution in [0.5, 0.6) is 0 Å². The van der Waals surface area contributed by atoms with Gasteiger partial charge in [0.15, 0.2) is 0 Å². The van der Waals surface area contributed by atoms with E-state index in [0.717, 1.165) is 11.4 Å². The highest BCUT2D eigenvalue weighted by Gasteiger charge is 2.40. The molecule has 2 aliphatic rings. The third-order valence-corrected chi connectivity index (χ3v) is 5.07. The van der Waals surface area contributed by atoms with Gasteiger partial charge in [0.05, 0.1) is 0 Å². The van der Waals surface area contributed by atoms with Crippen LogP contribution >= 0.6 is 11.6 Å². The van der Waals surface area contributed by atoms with Gasteiger partial charge in [-0.05, 0) is 48.3 Å². The van der Waals surface area contributed by atoms with Crippen LogP contribution in [0.3, 0.4) is 0 Å². The fraction of sp³-hybridized carbons (Fsp3) is 0.600. The lowest BCUT2D eigenvalue weighted by Crippen LogP contribution is -2.36. The molecule has 3 rings (SSSR count). The van der Waals surface area contributed by atoms with Crippen molar-refractivity contribution in [2.24, 2.45) is 5.73 Å². The highest BCUT2D eigenvalue weighted by Crippen LogP contribution is 2.50. The van der Waals surface area contributed by atoms with Gasteiger partial charge in [-0.15, -0.1) is 0 Å². The van der Waals surface area contributed by atoms with Gasteiger partial charge in [-0.1, -0.05) is 43.0 Å². The molecule has 1 aromatic carbocycles. The number of rotatable bonds is 0. The molecule has 2 heteroatoms. The minimum atomic E-state index is 0.145. The predicted molar refractivity (Wildman–Crippen MR) is 72.4 cm³/mol. The van der Waals surface area contributed by atoms with Crippen LogP contribution in [0.4, 0.5) is 0 Å². The van der Waals surface area contributed by atoms with E-state index in [2.05, 4.69) is 12.1 Å². The van der Waals surface area contributed by atoms with Gasteiger partial charge in [0.25, 0.3) is 0 Å². The summed E-state index contributed by atoms with van der Waals surface area (Å²) in [4.78, 5) is 0. The van der Waals surface area contributed by atoms with Gasteiger partial charge >= 0.3 is 0 Å². The Morgan fingerprint density at radius 3 is 2.65 bits per heavy atom. The summed E-state index contributed by atoms with van der Waals surface area (Å²) in [6.07, 6.45) is 9.12. The number of hydrogen-bond acceptors (Lipinski definition) is 1. The van der Waals surface area contributed by atoms with Gasteiger partial charge in [-0.2, -0.15) is 0 Å². The quantitative estimate of drug-likeness (QED) is 0.728. The van der Waals surface area contributed by atoms with Crippen molar-refractivity contribution < 1.29 is 0 Å². The highest BCUT2D eigenvalue weighted by molar-refractivity contribution is 6.31. The lowest BCUT2D eigenvalue weighted by atomic mass is 9.62. The van der Waals surface area contributed by atoms with Crippen LogP contribution in [0, 0.1) is 0 Å². The van der Waals surface area contributed by atoms with Crippen molar-refractivity contribution in [2.45, 2.75) is 56.4 Å². The zero-order valence-corrected chi connectivity index (χ0v) is 11.0. The number of hydrogen-bond donors (Lipinski definition) is 1. The minimum Gasteiger partial charge on any atom is -0.324 e. The van der Waals surface area contributed by atoms with Crippen molar-refractivity contribution in [1.29, 1.82) is 0 Å². The van der Waals surface area contributed by atoms with E-state index in [1.165, 1.54) is 49.7 Å². The summed E-state index contributed by atoms with van der Waals surface area (Å²) in [7, 11) is 0. The van der Waals surface area contributed by atoms with Crippen LogP contribution in [0.15, 0.2) is 18.2 Å². The van der Waals surface area contributed by atoms with Crippen LogP contribution in [-0.2, 0) is 5.41 Å². The molecule has 0 bridgehead atoms. The Labute approximate surface area is 108 Å². The van der Waals surface area contributed by atoms with Gasteiger partial charge in [0.1, 0.15) is 0 Å². The second kappa shape index (κ2) is 4.29. The largest absolute Gasteiger partial charge is 0.324 e. The summed E-state index contributed by atoms with van der Waals surface area (Å²) in [5, 5.41) is 0.875. The molecule has 2 N–H and O–H groups in total. The summed E-state index contributed by atoms with van der Waals surface area (Å²) in [6.45, 7) is 0. The van der Waals surface area contributed by atoms with E-state index < -0.39 is 0 Å². The lowest BCUT2D eigenvalue weighted by Gasteiger charge is -2.44. The van der Waals surface area contributed by atoms with E-state index >= 15 is 0 Å². The first-order chi connectivity index (χ1) is 8.23. The van der Waals surface area contributed by atoms with Crippen molar-refractivity contribution >= 4 is 11.6 Å². The molecule has 0 amide bonds. The average molecular weight is 250 g/mol. The van der Waals surface area contributed by atoms with Crippen molar-refractivity contribution in [3.63, 3.8) is 0 Å². The Bertz CT molecular complexity index is 421. The molecule has 17 heavy (non-hydrogen) atoms. The second-order valence-electron chi connectivity index (χ2n) is 5.69. The van der Waals surface area contributed by atoms with Gasteiger partial charge < -0.3 is 5.73 Å². The molecule has 0 aliphatic heterocycles. The first-order valence-corrected chi connectivity index (χ1v) is 7.15. The SMILES string of the molecule is NC1CCC2(CCCCC2)c2cccc(Cl)c21. The Hall–Kier alpha value is -0.530. The zero-order chi connectivity index (χ0) is 11.9. The van der Waals surface area contributed by atoms with E-state index in [1.807, 2.05) is 6.07 Å². The Morgan fingerprint density at radius 1 is 1.12 bits per heavy atom. The van der Waals surface area contributed by atoms with Gasteiger partial charge in [0, 0.05) is 11.1 Å². The van der Waals surface area contributed by atoms with E-state index in [-0.39, 0.29) is 6.04 Å². The van der Waals surface area contributed by atoms with Crippen LogP contribution in [0.2, 0.25) is 5.02 Å². The predicted octanol–water partition coefficient (Wildman–Crippen LogP) is 4.34. The van der Waals surface area contributed by atoms with Crippen molar-refractivity contribution in [2.75, 3.05) is 0 Å². The number of nitrogens with two attached hydrogens (primary N) is 1. The van der Waals surface area contributed by atoms with E-state index in [0.29, 0.717) is 5.41 Å². The first-order valence-electron chi connectivity index (χ1n) is 6.77. The molecule has 1 spiro atoms. The molecule has 1 unspecified atom stereocenters. The third-order valence-electron chi connectivity index (χ3n) is 4.74. The fourth-order valence-electron chi connectivity index (χ4n) is 3.84. The molecule has 0 heterocycles. The third kappa shape index (κ3) is 1.80. The maximum absolute atomic E-state index is 6.36. The van der Waals surface area contributed by atoms with Crippen molar-refractivity contribution in [3.8, 4) is 0 Å². The van der Waals surface area contributed by atoms with Crippen molar-refractivity contribution in [3.05, 3.63) is 34.3 Å². The summed E-state index contributed by atoms with van der Waals surface area (Å²) in [5.41, 5.74) is 9.35. The van der Waals surface area contributed by atoms with Crippen LogP contribution in [-0.4, -0.2) is 0 Å². The molecule has 1 saturated carbocycles. The maximum Gasteiger partial charge on any atom is 0.0456 e. The van der Waals surface area contributed by atoms with Crippen LogP contribution in [0.1, 0.15) is 62.1 Å². The Balaban J connectivity index is 2.11. The topological polar surface area (TPSA) is 26.0 Å². The summed E-state index contributed by atoms with van der Waals surface area (Å²) in [5.74, 6) is 0. The lowest BCUT2D eigenvalue weighted by molar-refractivity contribution is 0.244. The zero-order valence-electron chi connectivity index (χ0n) is 10.2. The maximum atomic E-state index is 6.36. The first kappa shape index (κ1) is 11.6. The molecule has 92 valence electrons. The van der Waals surface area contributed by atoms with Gasteiger partial charge in [0.2, 0.25) is 0 Å². The van der Waals surface area contributed by atoms with Gasteiger partial charge in [-0.25, -0.2) is 0 Å². The molecule has 1 fully saturated rings. The minimum absolute atomic E-state index is 0.145. The number of benzene rings is 1. The van der Waals surface area contributed by atoms with Gasteiger partial charge in [-0.3, -0.25) is 0 Å². The molecular weight excluding hydrogens is 230 g/mol. The van der Waals surface area contributed by atoms with E-state index in [4.69, 9.17) is 17.3 Å². The molecule has 1 nitrogen and oxygen atoms in total. The molecule has 0 aromatic heterocycles. The molecule has 0 radical (unpaired) electrons. The molecule has 1 atom stereocenters. The fourth-order valence-corrected chi connectivity index (χ4v) is 4.15. The molecule has 1 aromatic rings. The molecular formula is C15H20ClN. The second-order valence-corrected chi connectivity index (χ2v) is 6.09. The standard InChI is InChI=1S/C15H20ClN/c16-12-6-4-5-11-14(12)13(17)7-10-15(11)8-2-1-3-9-15/h4-6,13H,1-3,7-10,17H2. The van der Waals surface area contributed by atoms with E-state index in [9.17, 15) is 0 Å². The average Bonchev–Trinajstić information content (AvgIpc) is 2.36.